The van der Waals surface area contributed by atoms with Gasteiger partial charge in [0, 0.05) is 6.20 Å². The number of hydrogen-bond donors (Lipinski definition) is 1. The normalized spacial score (nSPS) is 10.9. The van der Waals surface area contributed by atoms with Crippen molar-refractivity contribution in [1.82, 2.24) is 4.98 Å². The van der Waals surface area contributed by atoms with Crippen LogP contribution in [0.2, 0.25) is 0 Å². The Labute approximate surface area is 88.7 Å². The molecule has 0 radical (unpaired) electrons. The molecule has 1 aromatic heterocycles. The van der Waals surface area contributed by atoms with E-state index in [9.17, 15) is 9.36 Å². The molecule has 1 N–H and O–H groups in total. The van der Waals surface area contributed by atoms with Gasteiger partial charge in [-0.15, -0.1) is 4.52 Å². The first kappa shape index (κ1) is 11.8. The van der Waals surface area contributed by atoms with Crippen LogP contribution in [0.4, 0.5) is 5.82 Å². The third-order valence-corrected chi connectivity index (χ3v) is 2.57. The molecule has 15 heavy (non-hydrogen) atoms. The fraction of sp³-hybridized carbons (Fsp3) is 0.333. The van der Waals surface area contributed by atoms with E-state index >= 15 is 0 Å². The van der Waals surface area contributed by atoms with Crippen LogP contribution in [0.1, 0.15) is 6.92 Å². The Balaban J connectivity index is 2.40. The highest BCUT2D eigenvalue weighted by Gasteiger charge is 2.22. The Kier molecular flexibility index (Phi) is 4.87. The monoisotopic (exact) mass is 227 g/mol. The second-order valence-corrected chi connectivity index (χ2v) is 3.91. The number of aromatic nitrogens is 1. The van der Waals surface area contributed by atoms with E-state index in [0.717, 1.165) is 0 Å². The van der Waals surface area contributed by atoms with Crippen LogP contribution in [0.5, 0.6) is 0 Å². The third kappa shape index (κ3) is 4.63. The largest absolute Gasteiger partial charge is 0.518 e. The highest BCUT2D eigenvalue weighted by atomic mass is 31.1. The minimum atomic E-state index is -1.91. The van der Waals surface area contributed by atoms with Gasteiger partial charge in [0.05, 0.1) is 6.61 Å². The van der Waals surface area contributed by atoms with E-state index in [0.29, 0.717) is 12.4 Å². The van der Waals surface area contributed by atoms with Gasteiger partial charge in [0.2, 0.25) is 0 Å². The van der Waals surface area contributed by atoms with Gasteiger partial charge in [0.15, 0.2) is 0 Å². The van der Waals surface area contributed by atoms with Crippen molar-refractivity contribution in [3.63, 3.8) is 0 Å². The Morgan fingerprint density at radius 2 is 2.40 bits per heavy atom. The number of carbonyl (C=O) groups is 1. The molecule has 0 aromatic carbocycles. The van der Waals surface area contributed by atoms with Gasteiger partial charge < -0.3 is 5.32 Å². The summed E-state index contributed by atoms with van der Waals surface area (Å²) in [6.07, 6.45) is 1.43. The Bertz CT molecular complexity index is 342. The number of nitrogens with one attached hydrogen (secondary N) is 1. The van der Waals surface area contributed by atoms with E-state index in [-0.39, 0.29) is 12.1 Å². The van der Waals surface area contributed by atoms with Crippen molar-refractivity contribution in [2.75, 3.05) is 18.1 Å². The molecule has 6 heteroatoms. The van der Waals surface area contributed by atoms with Crippen LogP contribution < -0.4 is 5.32 Å². The molecule has 0 saturated carbocycles. The van der Waals surface area contributed by atoms with E-state index in [2.05, 4.69) is 10.3 Å². The summed E-state index contributed by atoms with van der Waals surface area (Å²) in [7, 11) is -1.91. The number of carbonyl (C=O) groups excluding carboxylic acids is 1. The number of anilines is 1. The Morgan fingerprint density at radius 3 is 3.00 bits per heavy atom. The van der Waals surface area contributed by atoms with E-state index < -0.39 is 8.03 Å². The molecule has 1 unspecified atom stereocenters. The molecule has 1 rings (SSSR count). The molecule has 0 aliphatic heterocycles. The number of pyridine rings is 1. The number of nitrogens with zero attached hydrogens (tertiary/aromatic N) is 1. The van der Waals surface area contributed by atoms with Crippen molar-refractivity contribution in [3.05, 3.63) is 24.4 Å². The van der Waals surface area contributed by atoms with Gasteiger partial charge in [0.25, 0.3) is 12.1 Å². The smallest absolute Gasteiger partial charge is 0.307 e. The van der Waals surface area contributed by atoms with Crippen molar-refractivity contribution < 1.29 is 13.9 Å². The fourth-order valence-electron chi connectivity index (χ4n) is 0.926. The molecule has 0 saturated heterocycles. The lowest BCUT2D eigenvalue weighted by atomic mass is 10.4. The molecule has 5 nitrogen and oxygen atoms in total. The summed E-state index contributed by atoms with van der Waals surface area (Å²) in [5.74, 6) is 0.0886. The zero-order valence-electron chi connectivity index (χ0n) is 8.34. The second-order valence-electron chi connectivity index (χ2n) is 2.67. The summed E-state index contributed by atoms with van der Waals surface area (Å²) in [6.45, 7) is 2.07. The van der Waals surface area contributed by atoms with Crippen molar-refractivity contribution >= 4 is 19.8 Å². The third-order valence-electron chi connectivity index (χ3n) is 1.48. The minimum Gasteiger partial charge on any atom is -0.307 e. The first-order valence-corrected chi connectivity index (χ1v) is 5.87. The summed E-state index contributed by atoms with van der Waals surface area (Å²) in [5, 5.41) is 2.52. The number of hydrogen-bond acceptors (Lipinski definition) is 4. The fourth-order valence-corrected chi connectivity index (χ4v) is 1.62. The van der Waals surface area contributed by atoms with Crippen LogP contribution in [-0.4, -0.2) is 23.7 Å². The van der Waals surface area contributed by atoms with Crippen LogP contribution >= 0.6 is 8.03 Å². The molecule has 1 aromatic rings. The lowest BCUT2D eigenvalue weighted by Gasteiger charge is -1.98. The number of amides is 1. The standard InChI is InChI=1S/C9H11N2O3P/c1-2-14-15(13)7-9(12)11-8-5-3-4-6-10-8/h3-6H,2,7H2,1H3/p+1. The average Bonchev–Trinajstić information content (AvgIpc) is 2.19. The zero-order valence-corrected chi connectivity index (χ0v) is 9.24. The predicted octanol–water partition coefficient (Wildman–Crippen LogP) is 1.80. The highest BCUT2D eigenvalue weighted by molar-refractivity contribution is 7.40. The van der Waals surface area contributed by atoms with Gasteiger partial charge in [-0.3, -0.25) is 4.79 Å². The zero-order chi connectivity index (χ0) is 11.1. The minimum absolute atomic E-state index is 0.139. The molecule has 0 aliphatic rings. The average molecular weight is 227 g/mol. The van der Waals surface area contributed by atoms with Crippen LogP contribution in [0.3, 0.4) is 0 Å². The van der Waals surface area contributed by atoms with Crippen LogP contribution in [0.15, 0.2) is 24.4 Å². The molecule has 0 fully saturated rings. The first-order chi connectivity index (χ1) is 7.22. The quantitative estimate of drug-likeness (QED) is 0.778. The molecule has 0 aliphatic carbocycles. The van der Waals surface area contributed by atoms with Crippen molar-refractivity contribution in [2.24, 2.45) is 0 Å². The van der Waals surface area contributed by atoms with Crippen molar-refractivity contribution in [2.45, 2.75) is 6.92 Å². The van der Waals surface area contributed by atoms with Crippen molar-refractivity contribution in [3.8, 4) is 0 Å². The molecule has 1 atom stereocenters. The van der Waals surface area contributed by atoms with Gasteiger partial charge in [-0.2, -0.15) is 0 Å². The van der Waals surface area contributed by atoms with Gasteiger partial charge in [0.1, 0.15) is 5.82 Å². The number of rotatable bonds is 5. The van der Waals surface area contributed by atoms with Crippen LogP contribution in [0, 0.1) is 0 Å². The second kappa shape index (κ2) is 6.22. The first-order valence-electron chi connectivity index (χ1n) is 4.51. The molecule has 0 bridgehead atoms. The summed E-state index contributed by atoms with van der Waals surface area (Å²) < 4.78 is 15.9. The van der Waals surface area contributed by atoms with Crippen molar-refractivity contribution in [1.29, 1.82) is 0 Å². The van der Waals surface area contributed by atoms with Gasteiger partial charge in [-0.25, -0.2) is 4.98 Å². The highest BCUT2D eigenvalue weighted by Crippen LogP contribution is 2.21. The van der Waals surface area contributed by atoms with Gasteiger partial charge in [-0.05, 0) is 23.6 Å². The maximum atomic E-state index is 11.3. The van der Waals surface area contributed by atoms with E-state index in [4.69, 9.17) is 4.52 Å². The predicted molar refractivity (Wildman–Crippen MR) is 57.0 cm³/mol. The SMILES string of the molecule is CCO[P+](=O)CC(=O)Nc1ccccn1. The van der Waals surface area contributed by atoms with Gasteiger partial charge >= 0.3 is 8.03 Å². The van der Waals surface area contributed by atoms with Crippen LogP contribution in [-0.2, 0) is 13.9 Å². The summed E-state index contributed by atoms with van der Waals surface area (Å²) in [6, 6.07) is 5.16. The maximum Gasteiger partial charge on any atom is 0.518 e. The Hall–Kier alpha value is -1.32. The molecule has 1 heterocycles. The van der Waals surface area contributed by atoms with E-state index in [1.807, 2.05) is 0 Å². The molecular formula is C9H12N2O3P+. The molecular weight excluding hydrogens is 215 g/mol. The molecule has 1 amide bonds. The molecule has 80 valence electrons. The summed E-state index contributed by atoms with van der Waals surface area (Å²) in [4.78, 5) is 15.2. The maximum absolute atomic E-state index is 11.3. The Morgan fingerprint density at radius 1 is 1.60 bits per heavy atom. The van der Waals surface area contributed by atoms with Gasteiger partial charge in [-0.1, -0.05) is 6.07 Å². The summed E-state index contributed by atoms with van der Waals surface area (Å²) in [5.41, 5.74) is 0. The van der Waals surface area contributed by atoms with E-state index in [1.165, 1.54) is 0 Å². The van der Waals surface area contributed by atoms with Crippen LogP contribution in [0.25, 0.3) is 0 Å². The topological polar surface area (TPSA) is 68.3 Å². The molecule has 0 spiro atoms. The van der Waals surface area contributed by atoms with E-state index in [1.54, 1.807) is 31.3 Å². The summed E-state index contributed by atoms with van der Waals surface area (Å²) >= 11 is 0. The lowest BCUT2D eigenvalue weighted by molar-refractivity contribution is -0.114. The lowest BCUT2D eigenvalue weighted by Crippen LogP contribution is -2.15.